The summed E-state index contributed by atoms with van der Waals surface area (Å²) in [5, 5.41) is 12.8. The highest BCUT2D eigenvalue weighted by atomic mass is 32.2. The molecule has 0 spiro atoms. The Hall–Kier alpha value is -2.78. The number of carbonyl (C=O) groups is 1. The summed E-state index contributed by atoms with van der Waals surface area (Å²) in [4.78, 5) is 13.1. The monoisotopic (exact) mass is 537 g/mol. The number of aryl methyl sites for hydroxylation is 1. The highest BCUT2D eigenvalue weighted by molar-refractivity contribution is 7.89. The summed E-state index contributed by atoms with van der Waals surface area (Å²) in [5.74, 6) is -0.526. The number of nitrogens with zero attached hydrogens (tertiary/aromatic N) is 1. The Balaban J connectivity index is 1.79. The number of piperidine rings is 1. The number of hydrogen-bond donors (Lipinski definition) is 1. The van der Waals surface area contributed by atoms with Crippen molar-refractivity contribution in [1.29, 1.82) is 0 Å². The minimum atomic E-state index is -4.18. The Bertz CT molecular complexity index is 1280. The number of aliphatic hydroxyl groups is 1. The van der Waals surface area contributed by atoms with Crippen molar-refractivity contribution >= 4 is 34.6 Å². The van der Waals surface area contributed by atoms with E-state index in [2.05, 4.69) is 20.8 Å². The lowest BCUT2D eigenvalue weighted by Crippen LogP contribution is -2.68. The molecule has 37 heavy (non-hydrogen) atoms. The first kappa shape index (κ1) is 27.3. The molecule has 0 unspecified atom stereocenters. The van der Waals surface area contributed by atoms with Crippen molar-refractivity contribution in [2.24, 2.45) is 0 Å². The van der Waals surface area contributed by atoms with Gasteiger partial charge in [0.1, 0.15) is 0 Å². The van der Waals surface area contributed by atoms with Crippen LogP contribution in [0.1, 0.15) is 39.2 Å². The molecule has 1 fully saturated rings. The van der Waals surface area contributed by atoms with Crippen LogP contribution in [0.3, 0.4) is 0 Å². The summed E-state index contributed by atoms with van der Waals surface area (Å²) in [5.41, 5.74) is 0.913. The molecule has 2 atom stereocenters. The van der Waals surface area contributed by atoms with Crippen molar-refractivity contribution in [3.05, 3.63) is 90.5 Å². The Morgan fingerprint density at radius 2 is 1.43 bits per heavy atom. The van der Waals surface area contributed by atoms with Crippen molar-refractivity contribution in [3.63, 3.8) is 0 Å². The van der Waals surface area contributed by atoms with Gasteiger partial charge in [-0.3, -0.25) is 4.79 Å². The van der Waals surface area contributed by atoms with Crippen LogP contribution in [0.2, 0.25) is 5.04 Å². The zero-order valence-electron chi connectivity index (χ0n) is 21.8. The van der Waals surface area contributed by atoms with Gasteiger partial charge < -0.3 is 9.53 Å². The lowest BCUT2D eigenvalue weighted by molar-refractivity contribution is -0.135. The molecule has 4 rings (SSSR count). The third-order valence-electron chi connectivity index (χ3n) is 7.11. The van der Waals surface area contributed by atoms with Crippen molar-refractivity contribution in [3.8, 4) is 0 Å². The third kappa shape index (κ3) is 5.16. The van der Waals surface area contributed by atoms with Gasteiger partial charge in [0, 0.05) is 6.42 Å². The summed E-state index contributed by atoms with van der Waals surface area (Å²) < 4.78 is 35.1. The van der Waals surface area contributed by atoms with Crippen LogP contribution in [0.5, 0.6) is 0 Å². The van der Waals surface area contributed by atoms with Gasteiger partial charge in [0.05, 0.1) is 23.6 Å². The largest absolute Gasteiger partial charge is 0.405 e. The van der Waals surface area contributed by atoms with E-state index in [1.165, 1.54) is 12.1 Å². The smallest absolute Gasteiger partial charge is 0.266 e. The number of carbonyl (C=O) groups excluding carboxylic acids is 1. The summed E-state index contributed by atoms with van der Waals surface area (Å²) in [6.45, 7) is 8.14. The van der Waals surface area contributed by atoms with E-state index in [4.69, 9.17) is 4.43 Å². The summed E-state index contributed by atoms with van der Waals surface area (Å²) in [7, 11) is -7.19. The molecular formula is C29H35NO5SSi. The second-order valence-electron chi connectivity index (χ2n) is 10.7. The second kappa shape index (κ2) is 10.5. The fourth-order valence-corrected chi connectivity index (χ4v) is 11.4. The van der Waals surface area contributed by atoms with Gasteiger partial charge in [0.15, 0.2) is 0 Å². The Morgan fingerprint density at radius 3 is 1.92 bits per heavy atom. The highest BCUT2D eigenvalue weighted by Gasteiger charge is 2.52. The Kier molecular flexibility index (Phi) is 7.76. The molecule has 0 saturated carbocycles. The van der Waals surface area contributed by atoms with Crippen LogP contribution in [0.4, 0.5) is 0 Å². The molecule has 0 aromatic heterocycles. The van der Waals surface area contributed by atoms with E-state index in [0.717, 1.165) is 20.2 Å². The van der Waals surface area contributed by atoms with E-state index >= 15 is 0 Å². The Morgan fingerprint density at radius 1 is 0.919 bits per heavy atom. The van der Waals surface area contributed by atoms with E-state index < -0.39 is 36.4 Å². The normalized spacial score (nSPS) is 19.2. The zero-order valence-corrected chi connectivity index (χ0v) is 23.6. The molecule has 3 aromatic carbocycles. The third-order valence-corrected chi connectivity index (χ3v) is 14.0. The number of amides is 1. The number of hydrogen-bond acceptors (Lipinski definition) is 5. The number of rotatable bonds is 7. The predicted octanol–water partition coefficient (Wildman–Crippen LogP) is 3.61. The van der Waals surface area contributed by atoms with Gasteiger partial charge in [-0.05, 0) is 40.9 Å². The number of aliphatic hydroxyl groups excluding tert-OH is 1. The minimum absolute atomic E-state index is 0.0241. The summed E-state index contributed by atoms with van der Waals surface area (Å²) >= 11 is 0. The lowest BCUT2D eigenvalue weighted by Gasteiger charge is -2.45. The molecule has 1 aliphatic rings. The van der Waals surface area contributed by atoms with Gasteiger partial charge >= 0.3 is 0 Å². The minimum Gasteiger partial charge on any atom is -0.405 e. The molecule has 8 heteroatoms. The van der Waals surface area contributed by atoms with Gasteiger partial charge in [-0.25, -0.2) is 12.7 Å². The number of benzene rings is 3. The molecule has 1 saturated heterocycles. The molecule has 196 valence electrons. The maximum absolute atomic E-state index is 13.7. The van der Waals surface area contributed by atoms with Crippen LogP contribution in [-0.4, -0.2) is 50.8 Å². The fourth-order valence-electron chi connectivity index (χ4n) is 5.20. The maximum Gasteiger partial charge on any atom is 0.266 e. The molecule has 6 nitrogen and oxygen atoms in total. The predicted molar refractivity (Wildman–Crippen MR) is 148 cm³/mol. The van der Waals surface area contributed by atoms with Crippen LogP contribution < -0.4 is 10.4 Å². The van der Waals surface area contributed by atoms with E-state index in [1.807, 2.05) is 67.6 Å². The van der Waals surface area contributed by atoms with Crippen molar-refractivity contribution in [2.45, 2.75) is 62.6 Å². The highest BCUT2D eigenvalue weighted by Crippen LogP contribution is 2.38. The standard InChI is InChI=1S/C29H35NO5SSi/c1-22-15-17-23(18-16-22)36(33,34)30-26(27(31)19-20-28(30)32)21-35-37(29(2,3)4,24-11-7-5-8-12-24)25-13-9-6-10-14-25/h5-18,26-27,31H,19-21H2,1-4H3/t26-,27-/m0/s1. The SMILES string of the molecule is Cc1ccc(S(=O)(=O)N2C(=O)CC[C@H](O)[C@@H]2CO[Si](c2ccccc2)(c2ccccc2)C(C)(C)C)cc1. The molecule has 1 aliphatic heterocycles. The molecule has 3 aromatic rings. The van der Waals surface area contributed by atoms with Gasteiger partial charge in [0.2, 0.25) is 5.91 Å². The van der Waals surface area contributed by atoms with Crippen molar-refractivity contribution in [2.75, 3.05) is 6.61 Å². The first-order valence-electron chi connectivity index (χ1n) is 12.6. The topological polar surface area (TPSA) is 83.9 Å². The first-order chi connectivity index (χ1) is 17.5. The van der Waals surface area contributed by atoms with Crippen LogP contribution in [0.15, 0.2) is 89.8 Å². The van der Waals surface area contributed by atoms with Crippen LogP contribution in [-0.2, 0) is 19.2 Å². The number of sulfonamides is 1. The zero-order chi connectivity index (χ0) is 26.8. The molecule has 1 amide bonds. The average molecular weight is 538 g/mol. The van der Waals surface area contributed by atoms with E-state index in [9.17, 15) is 18.3 Å². The van der Waals surface area contributed by atoms with Crippen molar-refractivity contribution in [1.82, 2.24) is 4.31 Å². The average Bonchev–Trinajstić information content (AvgIpc) is 2.87. The molecule has 1 heterocycles. The lowest BCUT2D eigenvalue weighted by atomic mass is 10.0. The molecule has 0 bridgehead atoms. The maximum atomic E-state index is 13.7. The van der Waals surface area contributed by atoms with Crippen molar-refractivity contribution < 1.29 is 22.7 Å². The Labute approximate surface area is 221 Å². The molecule has 1 N–H and O–H groups in total. The molecule has 0 aliphatic carbocycles. The van der Waals surface area contributed by atoms with E-state index in [0.29, 0.717) is 0 Å². The summed E-state index contributed by atoms with van der Waals surface area (Å²) in [6.07, 6.45) is -0.883. The van der Waals surface area contributed by atoms with E-state index in [1.54, 1.807) is 12.1 Å². The molecule has 0 radical (unpaired) electrons. The van der Waals surface area contributed by atoms with E-state index in [-0.39, 0.29) is 29.4 Å². The fraction of sp³-hybridized carbons (Fsp3) is 0.345. The van der Waals surface area contributed by atoms with Gasteiger partial charge in [-0.2, -0.15) is 0 Å². The second-order valence-corrected chi connectivity index (χ2v) is 16.8. The van der Waals surface area contributed by atoms with Crippen LogP contribution in [0, 0.1) is 6.92 Å². The van der Waals surface area contributed by atoms with Gasteiger partial charge in [0.25, 0.3) is 18.3 Å². The van der Waals surface area contributed by atoms with Crippen LogP contribution >= 0.6 is 0 Å². The van der Waals surface area contributed by atoms with Gasteiger partial charge in [-0.1, -0.05) is 99.1 Å². The van der Waals surface area contributed by atoms with Crippen LogP contribution in [0.25, 0.3) is 0 Å². The first-order valence-corrected chi connectivity index (χ1v) is 15.9. The quantitative estimate of drug-likeness (QED) is 0.466. The summed E-state index contributed by atoms with van der Waals surface area (Å²) in [6, 6.07) is 25.4. The molecular weight excluding hydrogens is 502 g/mol. The van der Waals surface area contributed by atoms with Gasteiger partial charge in [-0.15, -0.1) is 0 Å².